The van der Waals surface area contributed by atoms with Gasteiger partial charge in [0.25, 0.3) is 0 Å². The van der Waals surface area contributed by atoms with Crippen LogP contribution >= 0.6 is 0 Å². The number of hydrogen-bond acceptors (Lipinski definition) is 2. The Balaban J connectivity index is 2.55. The minimum Gasteiger partial charge on any atom is -0.352 e. The Morgan fingerprint density at radius 2 is 1.86 bits per heavy atom. The smallest absolute Gasteiger partial charge is 0.352 e. The zero-order chi connectivity index (χ0) is 16.0. The first-order chi connectivity index (χ1) is 9.74. The lowest BCUT2D eigenvalue weighted by Gasteiger charge is -2.17. The van der Waals surface area contributed by atoms with Crippen molar-refractivity contribution >= 4 is 5.91 Å². The number of alkyl halides is 3. The molecule has 0 saturated carbocycles. The SMILES string of the molecule is CCC[C@H](N)C(=O)N[C@@H](C)Cc1ccc(C(F)(F)F)cc1. The predicted molar refractivity (Wildman–Crippen MR) is 75.6 cm³/mol. The molecule has 0 aromatic heterocycles. The topological polar surface area (TPSA) is 55.1 Å². The number of carbonyl (C=O) groups excluding carboxylic acids is 1. The van der Waals surface area contributed by atoms with Crippen molar-refractivity contribution in [2.45, 2.75) is 51.4 Å². The minimum absolute atomic E-state index is 0.183. The van der Waals surface area contributed by atoms with E-state index in [0.717, 1.165) is 24.1 Å². The molecule has 0 aliphatic rings. The molecule has 3 nitrogen and oxygen atoms in total. The van der Waals surface area contributed by atoms with E-state index in [2.05, 4.69) is 5.32 Å². The average molecular weight is 302 g/mol. The lowest BCUT2D eigenvalue weighted by molar-refractivity contribution is -0.137. The highest BCUT2D eigenvalue weighted by atomic mass is 19.4. The van der Waals surface area contributed by atoms with Crippen molar-refractivity contribution in [1.29, 1.82) is 0 Å². The molecule has 21 heavy (non-hydrogen) atoms. The van der Waals surface area contributed by atoms with E-state index in [1.807, 2.05) is 6.92 Å². The summed E-state index contributed by atoms with van der Waals surface area (Å²) in [5, 5.41) is 2.77. The van der Waals surface area contributed by atoms with Gasteiger partial charge in [0.2, 0.25) is 5.91 Å². The maximum absolute atomic E-state index is 12.4. The van der Waals surface area contributed by atoms with Gasteiger partial charge >= 0.3 is 6.18 Å². The fraction of sp³-hybridized carbons (Fsp3) is 0.533. The summed E-state index contributed by atoms with van der Waals surface area (Å²) in [7, 11) is 0. The number of halogens is 3. The molecule has 2 atom stereocenters. The Morgan fingerprint density at radius 3 is 2.33 bits per heavy atom. The standard InChI is InChI=1S/C15H21F3N2O/c1-3-4-13(19)14(21)20-10(2)9-11-5-7-12(8-6-11)15(16,17)18/h5-8,10,13H,3-4,9,19H2,1-2H3,(H,20,21)/t10-,13-/m0/s1. The number of hydrogen-bond donors (Lipinski definition) is 2. The van der Waals surface area contributed by atoms with Crippen molar-refractivity contribution < 1.29 is 18.0 Å². The second-order valence-electron chi connectivity index (χ2n) is 5.20. The van der Waals surface area contributed by atoms with Crippen molar-refractivity contribution in [3.63, 3.8) is 0 Å². The van der Waals surface area contributed by atoms with Crippen LogP contribution in [0.25, 0.3) is 0 Å². The fourth-order valence-corrected chi connectivity index (χ4v) is 2.03. The van der Waals surface area contributed by atoms with E-state index in [-0.39, 0.29) is 11.9 Å². The van der Waals surface area contributed by atoms with Crippen LogP contribution in [0.2, 0.25) is 0 Å². The molecule has 0 spiro atoms. The van der Waals surface area contributed by atoms with Crippen LogP contribution in [-0.4, -0.2) is 18.0 Å². The highest BCUT2D eigenvalue weighted by Crippen LogP contribution is 2.29. The summed E-state index contributed by atoms with van der Waals surface area (Å²) in [4.78, 5) is 11.7. The summed E-state index contributed by atoms with van der Waals surface area (Å²) in [6, 6.07) is 4.23. The van der Waals surface area contributed by atoms with Gasteiger partial charge in [-0.1, -0.05) is 25.5 Å². The van der Waals surface area contributed by atoms with E-state index in [0.29, 0.717) is 12.8 Å². The molecule has 118 valence electrons. The van der Waals surface area contributed by atoms with Crippen LogP contribution in [-0.2, 0) is 17.4 Å². The van der Waals surface area contributed by atoms with Gasteiger partial charge in [-0.2, -0.15) is 13.2 Å². The van der Waals surface area contributed by atoms with Crippen molar-refractivity contribution in [2.24, 2.45) is 5.73 Å². The monoisotopic (exact) mass is 302 g/mol. The zero-order valence-electron chi connectivity index (χ0n) is 12.2. The Hall–Kier alpha value is -1.56. The third-order valence-electron chi connectivity index (χ3n) is 3.15. The molecule has 0 aliphatic heterocycles. The van der Waals surface area contributed by atoms with Gasteiger partial charge in [-0.3, -0.25) is 4.79 Å². The molecule has 1 aromatic carbocycles. The van der Waals surface area contributed by atoms with Crippen molar-refractivity contribution in [3.05, 3.63) is 35.4 Å². The largest absolute Gasteiger partial charge is 0.416 e. The third-order valence-corrected chi connectivity index (χ3v) is 3.15. The van der Waals surface area contributed by atoms with Gasteiger partial charge in [-0.05, 0) is 37.5 Å². The van der Waals surface area contributed by atoms with Gasteiger partial charge in [-0.15, -0.1) is 0 Å². The van der Waals surface area contributed by atoms with Crippen molar-refractivity contribution in [1.82, 2.24) is 5.32 Å². The van der Waals surface area contributed by atoms with Crippen LogP contribution in [0.4, 0.5) is 13.2 Å². The van der Waals surface area contributed by atoms with Crippen LogP contribution in [0.3, 0.4) is 0 Å². The number of benzene rings is 1. The highest BCUT2D eigenvalue weighted by molar-refractivity contribution is 5.81. The van der Waals surface area contributed by atoms with Crippen LogP contribution in [0.15, 0.2) is 24.3 Å². The van der Waals surface area contributed by atoms with E-state index >= 15 is 0 Å². The van der Waals surface area contributed by atoms with Gasteiger partial charge in [0.1, 0.15) is 0 Å². The van der Waals surface area contributed by atoms with Crippen LogP contribution in [0, 0.1) is 0 Å². The van der Waals surface area contributed by atoms with Gasteiger partial charge in [0.05, 0.1) is 11.6 Å². The Kier molecular flexibility index (Phi) is 6.20. The Morgan fingerprint density at radius 1 is 1.29 bits per heavy atom. The molecular weight excluding hydrogens is 281 g/mol. The van der Waals surface area contributed by atoms with Gasteiger partial charge in [-0.25, -0.2) is 0 Å². The van der Waals surface area contributed by atoms with Crippen LogP contribution in [0.1, 0.15) is 37.8 Å². The molecular formula is C15H21F3N2O. The predicted octanol–water partition coefficient (Wildman–Crippen LogP) is 2.88. The first-order valence-corrected chi connectivity index (χ1v) is 6.96. The highest BCUT2D eigenvalue weighted by Gasteiger charge is 2.29. The number of carbonyl (C=O) groups is 1. The fourth-order valence-electron chi connectivity index (χ4n) is 2.03. The quantitative estimate of drug-likeness (QED) is 0.849. The maximum atomic E-state index is 12.4. The Labute approximate surface area is 122 Å². The second-order valence-corrected chi connectivity index (χ2v) is 5.20. The summed E-state index contributed by atoms with van der Waals surface area (Å²) in [6.07, 6.45) is -2.44. The normalized spacial score (nSPS) is 14.6. The van der Waals surface area contributed by atoms with Crippen LogP contribution in [0.5, 0.6) is 0 Å². The number of nitrogens with one attached hydrogen (secondary N) is 1. The third kappa shape index (κ3) is 5.75. The molecule has 6 heteroatoms. The summed E-state index contributed by atoms with van der Waals surface area (Å²) in [6.45, 7) is 3.74. The van der Waals surface area contributed by atoms with E-state index in [1.165, 1.54) is 12.1 Å². The number of amides is 1. The van der Waals surface area contributed by atoms with E-state index < -0.39 is 17.8 Å². The van der Waals surface area contributed by atoms with E-state index in [9.17, 15) is 18.0 Å². The number of rotatable bonds is 6. The summed E-state index contributed by atoms with van der Waals surface area (Å²) >= 11 is 0. The van der Waals surface area contributed by atoms with Crippen molar-refractivity contribution in [3.8, 4) is 0 Å². The molecule has 0 fully saturated rings. The maximum Gasteiger partial charge on any atom is 0.416 e. The first-order valence-electron chi connectivity index (χ1n) is 6.96. The molecule has 0 heterocycles. The zero-order valence-corrected chi connectivity index (χ0v) is 12.2. The first kappa shape index (κ1) is 17.5. The van der Waals surface area contributed by atoms with E-state index in [4.69, 9.17) is 5.73 Å². The second kappa shape index (κ2) is 7.45. The molecule has 3 N–H and O–H groups in total. The summed E-state index contributed by atoms with van der Waals surface area (Å²) in [5.74, 6) is -0.226. The molecule has 0 bridgehead atoms. The number of nitrogens with two attached hydrogens (primary N) is 1. The minimum atomic E-state index is -4.33. The van der Waals surface area contributed by atoms with Gasteiger partial charge in [0, 0.05) is 6.04 Å². The Bertz CT molecular complexity index is 457. The van der Waals surface area contributed by atoms with Gasteiger partial charge < -0.3 is 11.1 Å². The van der Waals surface area contributed by atoms with E-state index in [1.54, 1.807) is 6.92 Å². The molecule has 0 aliphatic carbocycles. The average Bonchev–Trinajstić information content (AvgIpc) is 2.38. The molecule has 0 saturated heterocycles. The lowest BCUT2D eigenvalue weighted by Crippen LogP contribution is -2.45. The van der Waals surface area contributed by atoms with Crippen molar-refractivity contribution in [2.75, 3.05) is 0 Å². The summed E-state index contributed by atoms with van der Waals surface area (Å²) in [5.41, 5.74) is 5.76. The molecule has 1 aromatic rings. The molecule has 1 amide bonds. The molecule has 0 unspecified atom stereocenters. The van der Waals surface area contributed by atoms with Crippen LogP contribution < -0.4 is 11.1 Å². The molecule has 1 rings (SSSR count). The van der Waals surface area contributed by atoms with Gasteiger partial charge in [0.15, 0.2) is 0 Å². The lowest BCUT2D eigenvalue weighted by atomic mass is 10.0. The molecule has 0 radical (unpaired) electrons. The summed E-state index contributed by atoms with van der Waals surface area (Å²) < 4.78 is 37.3.